The van der Waals surface area contributed by atoms with Gasteiger partial charge < -0.3 is 9.72 Å². The maximum Gasteiger partial charge on any atom is 0.142 e. The molecule has 20 heavy (non-hydrogen) atoms. The van der Waals surface area contributed by atoms with Crippen molar-refractivity contribution in [1.29, 1.82) is 0 Å². The first-order valence-electron chi connectivity index (χ1n) is 7.05. The largest absolute Gasteiger partial charge is 0.493 e. The van der Waals surface area contributed by atoms with Crippen LogP contribution in [0.1, 0.15) is 19.8 Å². The number of imidazole rings is 1. The molecule has 0 bridgehead atoms. The molecule has 1 heterocycles. The molecule has 3 aromatic rings. The van der Waals surface area contributed by atoms with Gasteiger partial charge in [0.05, 0.1) is 23.2 Å². The number of benzene rings is 2. The van der Waals surface area contributed by atoms with Crippen molar-refractivity contribution < 1.29 is 4.74 Å². The normalized spacial score (nSPS) is 10.8. The molecule has 0 spiro atoms. The van der Waals surface area contributed by atoms with Crippen LogP contribution in [0.4, 0.5) is 0 Å². The minimum atomic E-state index is 0.744. The molecule has 0 saturated heterocycles. The van der Waals surface area contributed by atoms with E-state index in [1.807, 2.05) is 48.5 Å². The molecule has 0 amide bonds. The number of nitrogens with zero attached hydrogens (tertiary/aromatic N) is 1. The summed E-state index contributed by atoms with van der Waals surface area (Å²) in [7, 11) is 0. The maximum atomic E-state index is 5.87. The monoisotopic (exact) mass is 266 g/mol. The smallest absolute Gasteiger partial charge is 0.142 e. The summed E-state index contributed by atoms with van der Waals surface area (Å²) in [4.78, 5) is 7.99. The summed E-state index contributed by atoms with van der Waals surface area (Å²) in [6.07, 6.45) is 2.20. The molecule has 0 saturated carbocycles. The van der Waals surface area contributed by atoms with Crippen molar-refractivity contribution in [2.24, 2.45) is 0 Å². The third-order valence-corrected chi connectivity index (χ3v) is 3.29. The predicted molar refractivity (Wildman–Crippen MR) is 81.9 cm³/mol. The zero-order chi connectivity index (χ0) is 13.8. The van der Waals surface area contributed by atoms with Gasteiger partial charge in [-0.1, -0.05) is 37.6 Å². The highest BCUT2D eigenvalue weighted by Crippen LogP contribution is 2.29. The van der Waals surface area contributed by atoms with Crippen molar-refractivity contribution in [2.75, 3.05) is 6.61 Å². The van der Waals surface area contributed by atoms with Crippen LogP contribution in [-0.4, -0.2) is 16.6 Å². The van der Waals surface area contributed by atoms with Gasteiger partial charge in [0.2, 0.25) is 0 Å². The van der Waals surface area contributed by atoms with Gasteiger partial charge in [0, 0.05) is 0 Å². The van der Waals surface area contributed by atoms with Crippen LogP contribution in [0.3, 0.4) is 0 Å². The lowest BCUT2D eigenvalue weighted by atomic mass is 10.2. The first-order valence-corrected chi connectivity index (χ1v) is 7.05. The van der Waals surface area contributed by atoms with E-state index in [9.17, 15) is 0 Å². The van der Waals surface area contributed by atoms with Gasteiger partial charge in [-0.2, -0.15) is 0 Å². The van der Waals surface area contributed by atoms with Crippen LogP contribution in [0.25, 0.3) is 22.4 Å². The molecule has 2 aromatic carbocycles. The molecule has 0 fully saturated rings. The molecular weight excluding hydrogens is 248 g/mol. The second-order valence-corrected chi connectivity index (χ2v) is 4.80. The number of hydrogen-bond acceptors (Lipinski definition) is 2. The van der Waals surface area contributed by atoms with Gasteiger partial charge >= 0.3 is 0 Å². The summed E-state index contributed by atoms with van der Waals surface area (Å²) in [6.45, 7) is 2.91. The third kappa shape index (κ3) is 2.52. The van der Waals surface area contributed by atoms with Crippen molar-refractivity contribution in [3.63, 3.8) is 0 Å². The van der Waals surface area contributed by atoms with E-state index in [1.54, 1.807) is 0 Å². The Balaban J connectivity index is 1.96. The third-order valence-electron chi connectivity index (χ3n) is 3.29. The number of para-hydroxylation sites is 3. The summed E-state index contributed by atoms with van der Waals surface area (Å²) in [5.74, 6) is 1.75. The lowest BCUT2D eigenvalue weighted by molar-refractivity contribution is 0.310. The van der Waals surface area contributed by atoms with Gasteiger partial charge in [0.25, 0.3) is 0 Å². The van der Waals surface area contributed by atoms with Crippen molar-refractivity contribution in [3.05, 3.63) is 48.5 Å². The quantitative estimate of drug-likeness (QED) is 0.695. The molecule has 0 radical (unpaired) electrons. The Labute approximate surface area is 118 Å². The number of aromatic amines is 1. The molecule has 0 atom stereocenters. The molecule has 1 N–H and O–H groups in total. The lowest BCUT2D eigenvalue weighted by Gasteiger charge is -2.09. The van der Waals surface area contributed by atoms with Crippen molar-refractivity contribution in [3.8, 4) is 17.1 Å². The summed E-state index contributed by atoms with van der Waals surface area (Å²) in [5.41, 5.74) is 3.04. The highest BCUT2D eigenvalue weighted by Gasteiger charge is 2.10. The average Bonchev–Trinajstić information content (AvgIpc) is 2.92. The number of nitrogens with one attached hydrogen (secondary N) is 1. The van der Waals surface area contributed by atoms with E-state index in [-0.39, 0.29) is 0 Å². The van der Waals surface area contributed by atoms with Crippen molar-refractivity contribution >= 4 is 11.0 Å². The second kappa shape index (κ2) is 5.78. The van der Waals surface area contributed by atoms with E-state index < -0.39 is 0 Å². The average molecular weight is 266 g/mol. The molecule has 0 aliphatic carbocycles. The van der Waals surface area contributed by atoms with Crippen molar-refractivity contribution in [1.82, 2.24) is 9.97 Å². The van der Waals surface area contributed by atoms with Crippen LogP contribution in [0, 0.1) is 0 Å². The fraction of sp³-hybridized carbons (Fsp3) is 0.235. The topological polar surface area (TPSA) is 37.9 Å². The van der Waals surface area contributed by atoms with Gasteiger partial charge in [0.15, 0.2) is 0 Å². The molecular formula is C17H18N2O. The summed E-state index contributed by atoms with van der Waals surface area (Å²) in [6, 6.07) is 16.1. The fourth-order valence-electron chi connectivity index (χ4n) is 2.19. The lowest BCUT2D eigenvalue weighted by Crippen LogP contribution is -1.98. The van der Waals surface area contributed by atoms with Crippen LogP contribution in [-0.2, 0) is 0 Å². The molecule has 0 unspecified atom stereocenters. The molecule has 1 aromatic heterocycles. The van der Waals surface area contributed by atoms with Crippen LogP contribution >= 0.6 is 0 Å². The Kier molecular flexibility index (Phi) is 3.68. The van der Waals surface area contributed by atoms with E-state index >= 15 is 0 Å². The minimum absolute atomic E-state index is 0.744. The molecule has 3 nitrogen and oxygen atoms in total. The van der Waals surface area contributed by atoms with E-state index in [0.717, 1.165) is 47.6 Å². The first-order chi connectivity index (χ1) is 9.88. The number of ether oxygens (including phenoxy) is 1. The van der Waals surface area contributed by atoms with E-state index in [4.69, 9.17) is 4.74 Å². The Bertz CT molecular complexity index is 670. The number of aromatic nitrogens is 2. The highest BCUT2D eigenvalue weighted by molar-refractivity contribution is 5.80. The van der Waals surface area contributed by atoms with Gasteiger partial charge in [-0.05, 0) is 30.7 Å². The zero-order valence-electron chi connectivity index (χ0n) is 11.6. The number of unbranched alkanes of at least 4 members (excludes halogenated alkanes) is 1. The summed E-state index contributed by atoms with van der Waals surface area (Å²) >= 11 is 0. The molecule has 3 rings (SSSR count). The van der Waals surface area contributed by atoms with Gasteiger partial charge in [-0.15, -0.1) is 0 Å². The van der Waals surface area contributed by atoms with Gasteiger partial charge in [0.1, 0.15) is 11.6 Å². The Morgan fingerprint density at radius 2 is 1.85 bits per heavy atom. The van der Waals surface area contributed by atoms with E-state index in [2.05, 4.69) is 16.9 Å². The number of hydrogen-bond donors (Lipinski definition) is 1. The summed E-state index contributed by atoms with van der Waals surface area (Å²) in [5, 5.41) is 0. The SMILES string of the molecule is CCCCOc1ccccc1-c1nc2ccccc2[nH]1. The van der Waals surface area contributed by atoms with E-state index in [1.165, 1.54) is 0 Å². The fourth-order valence-corrected chi connectivity index (χ4v) is 2.19. The number of fused-ring (bicyclic) bond motifs is 1. The predicted octanol–water partition coefficient (Wildman–Crippen LogP) is 4.41. The zero-order valence-corrected chi connectivity index (χ0v) is 11.6. The maximum absolute atomic E-state index is 5.87. The second-order valence-electron chi connectivity index (χ2n) is 4.80. The Hall–Kier alpha value is -2.29. The Morgan fingerprint density at radius 1 is 1.05 bits per heavy atom. The van der Waals surface area contributed by atoms with Gasteiger partial charge in [-0.3, -0.25) is 0 Å². The van der Waals surface area contributed by atoms with Crippen LogP contribution in [0.2, 0.25) is 0 Å². The highest BCUT2D eigenvalue weighted by atomic mass is 16.5. The Morgan fingerprint density at radius 3 is 2.70 bits per heavy atom. The number of H-pyrrole nitrogens is 1. The van der Waals surface area contributed by atoms with Crippen molar-refractivity contribution in [2.45, 2.75) is 19.8 Å². The number of rotatable bonds is 5. The minimum Gasteiger partial charge on any atom is -0.493 e. The van der Waals surface area contributed by atoms with Crippen LogP contribution in [0.15, 0.2) is 48.5 Å². The van der Waals surface area contributed by atoms with Gasteiger partial charge in [-0.25, -0.2) is 4.98 Å². The standard InChI is InChI=1S/C17H18N2O/c1-2-3-12-20-16-11-7-4-8-13(16)17-18-14-9-5-6-10-15(14)19-17/h4-11H,2-3,12H2,1H3,(H,18,19). The molecule has 0 aliphatic heterocycles. The van der Waals surface area contributed by atoms with Crippen LogP contribution < -0.4 is 4.74 Å². The molecule has 102 valence electrons. The van der Waals surface area contributed by atoms with E-state index in [0.29, 0.717) is 0 Å². The first kappa shape index (κ1) is 12.7. The molecule has 3 heteroatoms. The summed E-state index contributed by atoms with van der Waals surface area (Å²) < 4.78 is 5.87. The molecule has 0 aliphatic rings. The van der Waals surface area contributed by atoms with Crippen LogP contribution in [0.5, 0.6) is 5.75 Å².